The number of nitrogens with zero attached hydrogens (tertiary/aromatic N) is 3. The summed E-state index contributed by atoms with van der Waals surface area (Å²) in [6, 6.07) is 11.2. The van der Waals surface area contributed by atoms with Crippen LogP contribution in [0.4, 0.5) is 0 Å². The third-order valence-corrected chi connectivity index (χ3v) is 5.25. The number of aliphatic hydroxyl groups excluding tert-OH is 2. The number of aliphatic hydroxyl groups is 2. The number of fused-ring (bicyclic) bond motifs is 1. The van der Waals surface area contributed by atoms with Crippen LogP contribution in [-0.2, 0) is 4.74 Å². The number of para-hydroxylation sites is 1. The molecule has 1 aromatic heterocycles. The average Bonchev–Trinajstić information content (AvgIpc) is 2.69. The predicted molar refractivity (Wildman–Crippen MR) is 95.8 cm³/mol. The van der Waals surface area contributed by atoms with Gasteiger partial charge >= 0.3 is 0 Å². The number of pyridine rings is 1. The van der Waals surface area contributed by atoms with Crippen LogP contribution in [0.2, 0.25) is 0 Å². The molecule has 0 spiro atoms. The van der Waals surface area contributed by atoms with Gasteiger partial charge in [0, 0.05) is 31.6 Å². The summed E-state index contributed by atoms with van der Waals surface area (Å²) in [5.74, 6) is -0.0733. The zero-order valence-electron chi connectivity index (χ0n) is 14.5. The van der Waals surface area contributed by atoms with E-state index < -0.39 is 12.2 Å². The molecule has 3 atom stereocenters. The summed E-state index contributed by atoms with van der Waals surface area (Å²) in [7, 11) is 0. The van der Waals surface area contributed by atoms with Crippen LogP contribution in [0.5, 0.6) is 0 Å². The smallest absolute Gasteiger partial charge is 0.272 e. The SMILES string of the molecule is O=C(c1ccc2ccccc2n1)N1CCN([C@@H]2COC[C@@H](O)[C@H]2O)CC1. The molecule has 1 aromatic carbocycles. The van der Waals surface area contributed by atoms with E-state index >= 15 is 0 Å². The average molecular weight is 357 g/mol. The number of piperazine rings is 1. The van der Waals surface area contributed by atoms with E-state index in [1.165, 1.54) is 0 Å². The molecule has 0 radical (unpaired) electrons. The van der Waals surface area contributed by atoms with Gasteiger partial charge in [-0.05, 0) is 12.1 Å². The van der Waals surface area contributed by atoms with Crippen molar-refractivity contribution in [2.24, 2.45) is 0 Å². The minimum Gasteiger partial charge on any atom is -0.389 e. The number of hydrogen-bond donors (Lipinski definition) is 2. The highest BCUT2D eigenvalue weighted by molar-refractivity contribution is 5.95. The summed E-state index contributed by atoms with van der Waals surface area (Å²) in [6.07, 6.45) is -1.66. The maximum atomic E-state index is 12.8. The van der Waals surface area contributed by atoms with E-state index in [1.807, 2.05) is 30.3 Å². The van der Waals surface area contributed by atoms with Gasteiger partial charge in [0.1, 0.15) is 11.8 Å². The number of carbonyl (C=O) groups excluding carboxylic acids is 1. The third-order valence-electron chi connectivity index (χ3n) is 5.25. The molecular weight excluding hydrogens is 334 g/mol. The fourth-order valence-corrected chi connectivity index (χ4v) is 3.69. The summed E-state index contributed by atoms with van der Waals surface area (Å²) in [6.45, 7) is 2.97. The molecule has 0 aliphatic carbocycles. The first-order valence-electron chi connectivity index (χ1n) is 8.96. The van der Waals surface area contributed by atoms with E-state index in [-0.39, 0.29) is 18.6 Å². The Bertz CT molecular complexity index is 791. The molecule has 26 heavy (non-hydrogen) atoms. The Morgan fingerprint density at radius 1 is 1.04 bits per heavy atom. The van der Waals surface area contributed by atoms with Crippen LogP contribution in [0, 0.1) is 0 Å². The van der Waals surface area contributed by atoms with Gasteiger partial charge < -0.3 is 19.8 Å². The normalized spacial score (nSPS) is 27.6. The van der Waals surface area contributed by atoms with Crippen molar-refractivity contribution >= 4 is 16.8 Å². The number of benzene rings is 1. The van der Waals surface area contributed by atoms with E-state index in [4.69, 9.17) is 4.74 Å². The number of amides is 1. The first-order valence-corrected chi connectivity index (χ1v) is 8.96. The molecule has 2 saturated heterocycles. The molecular formula is C19H23N3O4. The number of hydrogen-bond acceptors (Lipinski definition) is 6. The monoisotopic (exact) mass is 357 g/mol. The second-order valence-corrected chi connectivity index (χ2v) is 6.88. The van der Waals surface area contributed by atoms with Crippen molar-refractivity contribution in [2.75, 3.05) is 39.4 Å². The molecule has 2 aliphatic heterocycles. The third kappa shape index (κ3) is 3.31. The number of ether oxygens (including phenoxy) is 1. The second-order valence-electron chi connectivity index (χ2n) is 6.88. The lowest BCUT2D eigenvalue weighted by Crippen LogP contribution is -2.60. The van der Waals surface area contributed by atoms with Gasteiger partial charge in [-0.1, -0.05) is 24.3 Å². The fraction of sp³-hybridized carbons (Fsp3) is 0.474. The topological polar surface area (TPSA) is 86.1 Å². The Labute approximate surface area is 151 Å². The zero-order valence-corrected chi connectivity index (χ0v) is 14.5. The maximum absolute atomic E-state index is 12.8. The molecule has 3 heterocycles. The summed E-state index contributed by atoms with van der Waals surface area (Å²) in [5, 5.41) is 21.0. The first-order chi connectivity index (χ1) is 12.6. The summed E-state index contributed by atoms with van der Waals surface area (Å²) >= 11 is 0. The molecule has 0 unspecified atom stereocenters. The standard InChI is InChI=1S/C19H23N3O4/c23-17-12-26-11-16(18(17)24)21-7-9-22(10-8-21)19(25)15-6-5-13-3-1-2-4-14(13)20-15/h1-6,16-18,23-24H,7-12H2/t16-,17-,18+/m1/s1. The van der Waals surface area contributed by atoms with Gasteiger partial charge in [-0.2, -0.15) is 0 Å². The summed E-state index contributed by atoms with van der Waals surface area (Å²) < 4.78 is 5.36. The van der Waals surface area contributed by atoms with Crippen molar-refractivity contribution in [3.05, 3.63) is 42.1 Å². The molecule has 1 amide bonds. The van der Waals surface area contributed by atoms with Gasteiger partial charge in [0.25, 0.3) is 5.91 Å². The fourth-order valence-electron chi connectivity index (χ4n) is 3.69. The Morgan fingerprint density at radius 3 is 2.62 bits per heavy atom. The Kier molecular flexibility index (Phi) is 4.86. The van der Waals surface area contributed by atoms with Crippen molar-refractivity contribution in [1.29, 1.82) is 0 Å². The molecule has 138 valence electrons. The van der Waals surface area contributed by atoms with Gasteiger partial charge in [0.05, 0.1) is 30.9 Å². The molecule has 4 rings (SSSR count). The second kappa shape index (κ2) is 7.28. The number of aromatic nitrogens is 1. The highest BCUT2D eigenvalue weighted by Gasteiger charge is 2.37. The molecule has 0 saturated carbocycles. The van der Waals surface area contributed by atoms with Crippen molar-refractivity contribution in [2.45, 2.75) is 18.2 Å². The highest BCUT2D eigenvalue weighted by Crippen LogP contribution is 2.18. The van der Waals surface area contributed by atoms with E-state index in [0.29, 0.717) is 38.5 Å². The Morgan fingerprint density at radius 2 is 1.81 bits per heavy atom. The van der Waals surface area contributed by atoms with Gasteiger partial charge in [-0.3, -0.25) is 9.69 Å². The van der Waals surface area contributed by atoms with Crippen LogP contribution >= 0.6 is 0 Å². The zero-order chi connectivity index (χ0) is 18.1. The van der Waals surface area contributed by atoms with E-state index in [9.17, 15) is 15.0 Å². The van der Waals surface area contributed by atoms with E-state index in [0.717, 1.165) is 10.9 Å². The van der Waals surface area contributed by atoms with E-state index in [1.54, 1.807) is 11.0 Å². The van der Waals surface area contributed by atoms with Crippen LogP contribution in [0.1, 0.15) is 10.5 Å². The first kappa shape index (κ1) is 17.4. The largest absolute Gasteiger partial charge is 0.389 e. The molecule has 2 aliphatic rings. The minimum absolute atomic E-state index is 0.0733. The van der Waals surface area contributed by atoms with Gasteiger partial charge in [0.2, 0.25) is 0 Å². The summed E-state index contributed by atoms with van der Waals surface area (Å²) in [5.41, 5.74) is 1.27. The lowest BCUT2D eigenvalue weighted by Gasteiger charge is -2.43. The van der Waals surface area contributed by atoms with E-state index in [2.05, 4.69) is 9.88 Å². The lowest BCUT2D eigenvalue weighted by atomic mass is 10.0. The van der Waals surface area contributed by atoms with Gasteiger partial charge in [-0.25, -0.2) is 4.98 Å². The molecule has 2 fully saturated rings. The Hall–Kier alpha value is -2.06. The number of rotatable bonds is 2. The molecule has 0 bridgehead atoms. The van der Waals surface area contributed by atoms with Gasteiger partial charge in [-0.15, -0.1) is 0 Å². The van der Waals surface area contributed by atoms with Crippen LogP contribution in [-0.4, -0.2) is 88.5 Å². The van der Waals surface area contributed by atoms with Crippen molar-refractivity contribution in [3.63, 3.8) is 0 Å². The number of carbonyl (C=O) groups is 1. The molecule has 2 N–H and O–H groups in total. The molecule has 2 aromatic rings. The Balaban J connectivity index is 1.41. The van der Waals surface area contributed by atoms with Crippen LogP contribution in [0.3, 0.4) is 0 Å². The van der Waals surface area contributed by atoms with Gasteiger partial charge in [0.15, 0.2) is 0 Å². The predicted octanol–water partition coefficient (Wildman–Crippen LogP) is 0.113. The minimum atomic E-state index is -0.852. The summed E-state index contributed by atoms with van der Waals surface area (Å²) in [4.78, 5) is 21.1. The van der Waals surface area contributed by atoms with Crippen LogP contribution in [0.15, 0.2) is 36.4 Å². The van der Waals surface area contributed by atoms with Crippen molar-refractivity contribution in [3.8, 4) is 0 Å². The quantitative estimate of drug-likeness (QED) is 0.794. The highest BCUT2D eigenvalue weighted by atomic mass is 16.5. The van der Waals surface area contributed by atoms with Crippen LogP contribution in [0.25, 0.3) is 10.9 Å². The maximum Gasteiger partial charge on any atom is 0.272 e. The lowest BCUT2D eigenvalue weighted by molar-refractivity contribution is -0.136. The van der Waals surface area contributed by atoms with Crippen molar-refractivity contribution < 1.29 is 19.7 Å². The van der Waals surface area contributed by atoms with Crippen molar-refractivity contribution in [1.82, 2.24) is 14.8 Å². The molecule has 7 heteroatoms. The van der Waals surface area contributed by atoms with Crippen LogP contribution < -0.4 is 0 Å². The molecule has 7 nitrogen and oxygen atoms in total.